The lowest BCUT2D eigenvalue weighted by Crippen LogP contribution is -2.73. The van der Waals surface area contributed by atoms with Crippen LogP contribution in [0.2, 0.25) is 0 Å². The number of hydrogen-bond acceptors (Lipinski definition) is 3. The van der Waals surface area contributed by atoms with E-state index < -0.39 is 35.7 Å². The molecule has 0 spiro atoms. The van der Waals surface area contributed by atoms with Gasteiger partial charge in [0.15, 0.2) is 5.78 Å². The SMILES string of the molecule is CCc1ccc(C2C(C(=O)c3ccccc3)C(O)(C(F)(F)F)N(C)C(=O)N2C)cc1. The number of aliphatic hydroxyl groups is 1. The molecule has 0 bridgehead atoms. The monoisotopic (exact) mass is 420 g/mol. The van der Waals surface area contributed by atoms with E-state index in [1.165, 1.54) is 31.3 Å². The maximum Gasteiger partial charge on any atom is 0.437 e. The highest BCUT2D eigenvalue weighted by molar-refractivity contribution is 6.00. The van der Waals surface area contributed by atoms with Crippen molar-refractivity contribution in [2.75, 3.05) is 14.1 Å². The molecule has 0 saturated carbocycles. The predicted molar refractivity (Wildman–Crippen MR) is 105 cm³/mol. The molecule has 1 saturated heterocycles. The summed E-state index contributed by atoms with van der Waals surface area (Å²) >= 11 is 0. The number of carbonyl (C=O) groups is 2. The van der Waals surface area contributed by atoms with Crippen LogP contribution in [0, 0.1) is 5.92 Å². The molecule has 3 unspecified atom stereocenters. The summed E-state index contributed by atoms with van der Waals surface area (Å²) < 4.78 is 42.6. The normalized spacial score (nSPS) is 24.8. The Morgan fingerprint density at radius 3 is 2.13 bits per heavy atom. The zero-order valence-corrected chi connectivity index (χ0v) is 16.8. The van der Waals surface area contributed by atoms with Gasteiger partial charge in [-0.05, 0) is 17.5 Å². The van der Waals surface area contributed by atoms with Crippen LogP contribution in [0.5, 0.6) is 0 Å². The van der Waals surface area contributed by atoms with Gasteiger partial charge < -0.3 is 10.0 Å². The Bertz CT molecular complexity index is 931. The molecular formula is C22H23F3N2O3. The molecule has 1 N–H and O–H groups in total. The lowest BCUT2D eigenvalue weighted by molar-refractivity contribution is -0.328. The molecule has 0 radical (unpaired) electrons. The molecule has 8 heteroatoms. The number of aryl methyl sites for hydroxylation is 1. The first kappa shape index (κ1) is 21.8. The number of nitrogens with zero attached hydrogens (tertiary/aromatic N) is 2. The van der Waals surface area contributed by atoms with Crippen molar-refractivity contribution in [2.45, 2.75) is 31.3 Å². The fourth-order valence-corrected chi connectivity index (χ4v) is 3.99. The summed E-state index contributed by atoms with van der Waals surface area (Å²) in [5.74, 6) is -2.88. The fraction of sp³-hybridized carbons (Fsp3) is 0.364. The van der Waals surface area contributed by atoms with Gasteiger partial charge >= 0.3 is 12.2 Å². The Kier molecular flexibility index (Phi) is 5.64. The van der Waals surface area contributed by atoms with Crippen molar-refractivity contribution in [1.29, 1.82) is 0 Å². The van der Waals surface area contributed by atoms with Crippen molar-refractivity contribution in [3.63, 3.8) is 0 Å². The number of ketones is 1. The maximum absolute atomic E-state index is 14.2. The molecule has 3 rings (SSSR count). The Hall–Kier alpha value is -2.87. The number of carbonyl (C=O) groups excluding carboxylic acids is 2. The van der Waals surface area contributed by atoms with Crippen molar-refractivity contribution < 1.29 is 27.9 Å². The smallest absolute Gasteiger partial charge is 0.363 e. The summed E-state index contributed by atoms with van der Waals surface area (Å²) in [4.78, 5) is 27.3. The summed E-state index contributed by atoms with van der Waals surface area (Å²) in [5.41, 5.74) is -2.35. The van der Waals surface area contributed by atoms with Crippen LogP contribution in [-0.4, -0.2) is 52.7 Å². The van der Waals surface area contributed by atoms with E-state index in [1.54, 1.807) is 30.3 Å². The first-order chi connectivity index (χ1) is 14.0. The third kappa shape index (κ3) is 3.35. The van der Waals surface area contributed by atoms with Crippen molar-refractivity contribution >= 4 is 11.8 Å². The zero-order valence-electron chi connectivity index (χ0n) is 16.8. The highest BCUT2D eigenvalue weighted by atomic mass is 19.4. The Morgan fingerprint density at radius 2 is 1.63 bits per heavy atom. The van der Waals surface area contributed by atoms with Crippen LogP contribution in [0.4, 0.5) is 18.0 Å². The second-order valence-corrected chi connectivity index (χ2v) is 7.42. The minimum Gasteiger partial charge on any atom is -0.363 e. The van der Waals surface area contributed by atoms with E-state index in [0.717, 1.165) is 23.9 Å². The second-order valence-electron chi connectivity index (χ2n) is 7.42. The van der Waals surface area contributed by atoms with Gasteiger partial charge in [-0.25, -0.2) is 4.79 Å². The zero-order chi connectivity index (χ0) is 22.3. The minimum absolute atomic E-state index is 0.0245. The molecule has 160 valence electrons. The first-order valence-electron chi connectivity index (χ1n) is 9.51. The number of alkyl halides is 3. The maximum atomic E-state index is 14.2. The molecular weight excluding hydrogens is 397 g/mol. The number of hydrogen-bond donors (Lipinski definition) is 1. The quantitative estimate of drug-likeness (QED) is 0.760. The third-order valence-corrected chi connectivity index (χ3v) is 5.75. The van der Waals surface area contributed by atoms with Crippen LogP contribution in [0.25, 0.3) is 0 Å². The van der Waals surface area contributed by atoms with E-state index in [1.807, 2.05) is 6.92 Å². The van der Waals surface area contributed by atoms with Gasteiger partial charge in [0, 0.05) is 19.7 Å². The van der Waals surface area contributed by atoms with E-state index in [0.29, 0.717) is 5.56 Å². The Morgan fingerprint density at radius 1 is 1.07 bits per heavy atom. The second kappa shape index (κ2) is 7.75. The van der Waals surface area contributed by atoms with Crippen molar-refractivity contribution in [3.8, 4) is 0 Å². The molecule has 2 aromatic rings. The van der Waals surface area contributed by atoms with Crippen LogP contribution in [0.1, 0.15) is 34.5 Å². The summed E-state index contributed by atoms with van der Waals surface area (Å²) in [6, 6.07) is 11.8. The highest BCUT2D eigenvalue weighted by Crippen LogP contribution is 2.50. The molecule has 0 aromatic heterocycles. The van der Waals surface area contributed by atoms with Gasteiger partial charge in [-0.2, -0.15) is 13.2 Å². The molecule has 1 heterocycles. The number of halogens is 3. The van der Waals surface area contributed by atoms with Gasteiger partial charge in [0.2, 0.25) is 0 Å². The summed E-state index contributed by atoms with van der Waals surface area (Å²) in [7, 11) is 2.19. The van der Waals surface area contributed by atoms with Gasteiger partial charge in [-0.15, -0.1) is 0 Å². The summed E-state index contributed by atoms with van der Waals surface area (Å²) in [6.45, 7) is 1.93. The molecule has 2 aromatic carbocycles. The van der Waals surface area contributed by atoms with Crippen LogP contribution < -0.4 is 0 Å². The first-order valence-corrected chi connectivity index (χ1v) is 9.51. The van der Waals surface area contributed by atoms with E-state index in [2.05, 4.69) is 0 Å². The number of rotatable bonds is 4. The molecule has 1 fully saturated rings. The van der Waals surface area contributed by atoms with E-state index in [-0.39, 0.29) is 10.5 Å². The van der Waals surface area contributed by atoms with Crippen LogP contribution in [0.15, 0.2) is 54.6 Å². The van der Waals surface area contributed by atoms with Crippen LogP contribution >= 0.6 is 0 Å². The summed E-state index contributed by atoms with van der Waals surface area (Å²) in [5, 5.41) is 10.9. The number of Topliss-reactive ketones (excluding diaryl/α,β-unsaturated/α-hetero) is 1. The fourth-order valence-electron chi connectivity index (χ4n) is 3.99. The number of amides is 2. The predicted octanol–water partition coefficient (Wildman–Crippen LogP) is 4.04. The van der Waals surface area contributed by atoms with Gasteiger partial charge in [0.1, 0.15) is 5.92 Å². The lowest BCUT2D eigenvalue weighted by atomic mass is 9.75. The van der Waals surface area contributed by atoms with E-state index >= 15 is 0 Å². The van der Waals surface area contributed by atoms with Crippen molar-refractivity contribution in [3.05, 3.63) is 71.3 Å². The van der Waals surface area contributed by atoms with Gasteiger partial charge in [-0.3, -0.25) is 9.69 Å². The van der Waals surface area contributed by atoms with E-state index in [4.69, 9.17) is 0 Å². The molecule has 2 amide bonds. The molecule has 30 heavy (non-hydrogen) atoms. The van der Waals surface area contributed by atoms with Crippen molar-refractivity contribution in [1.82, 2.24) is 9.80 Å². The largest absolute Gasteiger partial charge is 0.437 e. The number of benzene rings is 2. The Balaban J connectivity index is 2.24. The molecule has 5 nitrogen and oxygen atoms in total. The summed E-state index contributed by atoms with van der Waals surface area (Å²) in [6.07, 6.45) is -4.53. The Labute approximate surface area is 172 Å². The molecule has 1 aliphatic rings. The third-order valence-electron chi connectivity index (χ3n) is 5.75. The van der Waals surface area contributed by atoms with Crippen LogP contribution in [0.3, 0.4) is 0 Å². The number of urea groups is 1. The highest BCUT2D eigenvalue weighted by Gasteiger charge is 2.70. The standard InChI is InChI=1S/C22H23F3N2O3/c1-4-14-10-12-15(13-11-14)18-17(19(28)16-8-6-5-7-9-16)21(30,22(23,24)25)27(3)20(29)26(18)2/h5-13,17-18,30H,4H2,1-3H3. The average Bonchev–Trinajstić information content (AvgIpc) is 2.74. The van der Waals surface area contributed by atoms with E-state index in [9.17, 15) is 27.9 Å². The minimum atomic E-state index is -5.25. The van der Waals surface area contributed by atoms with Gasteiger partial charge in [0.05, 0.1) is 6.04 Å². The van der Waals surface area contributed by atoms with Crippen molar-refractivity contribution in [2.24, 2.45) is 5.92 Å². The average molecular weight is 420 g/mol. The molecule has 0 aliphatic carbocycles. The lowest BCUT2D eigenvalue weighted by Gasteiger charge is -2.53. The van der Waals surface area contributed by atoms with Crippen LogP contribution in [-0.2, 0) is 6.42 Å². The van der Waals surface area contributed by atoms with Gasteiger partial charge in [0.25, 0.3) is 5.72 Å². The van der Waals surface area contributed by atoms with Gasteiger partial charge in [-0.1, -0.05) is 61.5 Å². The molecule has 1 aliphatic heterocycles. The topological polar surface area (TPSA) is 60.9 Å². The molecule has 3 atom stereocenters.